The van der Waals surface area contributed by atoms with Crippen LogP contribution in [0.3, 0.4) is 0 Å². The van der Waals surface area contributed by atoms with Crippen LogP contribution in [0.1, 0.15) is 51.9 Å². The summed E-state index contributed by atoms with van der Waals surface area (Å²) in [4.78, 5) is 4.60. The highest BCUT2D eigenvalue weighted by atomic mass is 14.7. The molecule has 0 aliphatic heterocycles. The highest BCUT2D eigenvalue weighted by Gasteiger charge is 2.05. The van der Waals surface area contributed by atoms with E-state index in [0.717, 1.165) is 19.4 Å². The van der Waals surface area contributed by atoms with Crippen molar-refractivity contribution in [2.75, 3.05) is 6.54 Å². The van der Waals surface area contributed by atoms with Gasteiger partial charge in [0.25, 0.3) is 0 Å². The van der Waals surface area contributed by atoms with Crippen LogP contribution in [0, 0.1) is 17.2 Å². The van der Waals surface area contributed by atoms with Crippen molar-refractivity contribution in [1.82, 2.24) is 0 Å². The topological polar surface area (TPSA) is 36.1 Å². The van der Waals surface area contributed by atoms with E-state index in [-0.39, 0.29) is 5.92 Å². The van der Waals surface area contributed by atoms with E-state index < -0.39 is 0 Å². The molecule has 1 fully saturated rings. The third kappa shape index (κ3) is 4.41. The zero-order valence-corrected chi connectivity index (χ0v) is 9.13. The average molecular weight is 192 g/mol. The van der Waals surface area contributed by atoms with Crippen LogP contribution in [-0.2, 0) is 0 Å². The Morgan fingerprint density at radius 1 is 1.36 bits per heavy atom. The van der Waals surface area contributed by atoms with Gasteiger partial charge in [-0.1, -0.05) is 6.42 Å². The van der Waals surface area contributed by atoms with E-state index in [4.69, 9.17) is 5.26 Å². The third-order valence-corrected chi connectivity index (χ3v) is 2.78. The maximum Gasteiger partial charge on any atom is 0.0652 e. The molecule has 0 heterocycles. The van der Waals surface area contributed by atoms with Crippen LogP contribution in [0.2, 0.25) is 0 Å². The normalized spacial score (nSPS) is 18.7. The second-order valence-electron chi connectivity index (χ2n) is 4.18. The van der Waals surface area contributed by atoms with E-state index in [9.17, 15) is 0 Å². The monoisotopic (exact) mass is 192 g/mol. The summed E-state index contributed by atoms with van der Waals surface area (Å²) in [5.74, 6) is 0.196. The van der Waals surface area contributed by atoms with E-state index >= 15 is 0 Å². The summed E-state index contributed by atoms with van der Waals surface area (Å²) in [5.41, 5.74) is 1.42. The van der Waals surface area contributed by atoms with E-state index in [1.165, 1.54) is 37.8 Å². The highest BCUT2D eigenvalue weighted by Crippen LogP contribution is 2.15. The molecule has 1 aliphatic rings. The van der Waals surface area contributed by atoms with Crippen molar-refractivity contribution in [3.63, 3.8) is 0 Å². The Morgan fingerprint density at radius 3 is 2.71 bits per heavy atom. The maximum absolute atomic E-state index is 8.60. The highest BCUT2D eigenvalue weighted by molar-refractivity contribution is 5.84. The van der Waals surface area contributed by atoms with Gasteiger partial charge in [-0.2, -0.15) is 5.26 Å². The summed E-state index contributed by atoms with van der Waals surface area (Å²) in [6.45, 7) is 2.91. The van der Waals surface area contributed by atoms with Crippen molar-refractivity contribution < 1.29 is 0 Å². The molecular formula is C12H20N2. The predicted molar refractivity (Wildman–Crippen MR) is 59.4 cm³/mol. The number of rotatable bonds is 4. The molecule has 1 rings (SSSR count). The second kappa shape index (κ2) is 6.59. The zero-order chi connectivity index (χ0) is 10.2. The fourth-order valence-electron chi connectivity index (χ4n) is 1.82. The van der Waals surface area contributed by atoms with Gasteiger partial charge in [0.15, 0.2) is 0 Å². The Balaban J connectivity index is 2.10. The minimum Gasteiger partial charge on any atom is -0.294 e. The second-order valence-corrected chi connectivity index (χ2v) is 4.18. The largest absolute Gasteiger partial charge is 0.294 e. The molecule has 2 heteroatoms. The molecule has 0 aromatic heterocycles. The van der Waals surface area contributed by atoms with Crippen molar-refractivity contribution in [3.05, 3.63) is 0 Å². The molecule has 0 N–H and O–H groups in total. The molecule has 78 valence electrons. The molecule has 0 aromatic carbocycles. The van der Waals surface area contributed by atoms with Gasteiger partial charge < -0.3 is 0 Å². The molecule has 0 amide bonds. The fraction of sp³-hybridized carbons (Fsp3) is 0.833. The van der Waals surface area contributed by atoms with Gasteiger partial charge in [0, 0.05) is 18.2 Å². The molecule has 1 saturated carbocycles. The maximum atomic E-state index is 8.60. The van der Waals surface area contributed by atoms with Crippen molar-refractivity contribution >= 4 is 5.71 Å². The van der Waals surface area contributed by atoms with Crippen molar-refractivity contribution in [3.8, 4) is 6.07 Å². The standard InChI is InChI=1S/C12H20N2/c1-11(10-13)6-5-9-14-12-7-3-2-4-8-12/h11H,2-9H2,1H3. The first-order valence-electron chi connectivity index (χ1n) is 5.74. The van der Waals surface area contributed by atoms with E-state index in [2.05, 4.69) is 11.1 Å². The first-order valence-corrected chi connectivity index (χ1v) is 5.74. The van der Waals surface area contributed by atoms with Gasteiger partial charge in [0.05, 0.1) is 6.07 Å². The molecule has 0 bridgehead atoms. The fourth-order valence-corrected chi connectivity index (χ4v) is 1.82. The number of aliphatic imine (C=N–C) groups is 1. The summed E-state index contributed by atoms with van der Waals surface area (Å²) in [5, 5.41) is 8.60. The predicted octanol–water partition coefficient (Wildman–Crippen LogP) is 3.33. The lowest BCUT2D eigenvalue weighted by Crippen LogP contribution is -2.05. The molecule has 1 aliphatic carbocycles. The number of hydrogen-bond donors (Lipinski definition) is 0. The van der Waals surface area contributed by atoms with Crippen molar-refractivity contribution in [2.24, 2.45) is 10.9 Å². The first-order chi connectivity index (χ1) is 6.83. The number of nitriles is 1. The van der Waals surface area contributed by atoms with Crippen LogP contribution in [0.5, 0.6) is 0 Å². The molecule has 0 radical (unpaired) electrons. The summed E-state index contributed by atoms with van der Waals surface area (Å²) in [7, 11) is 0. The van der Waals surface area contributed by atoms with E-state index in [1.54, 1.807) is 0 Å². The van der Waals surface area contributed by atoms with Crippen LogP contribution < -0.4 is 0 Å². The summed E-state index contributed by atoms with van der Waals surface area (Å²) >= 11 is 0. The molecule has 14 heavy (non-hydrogen) atoms. The number of nitrogens with zero attached hydrogens (tertiary/aromatic N) is 2. The molecule has 0 aromatic rings. The lowest BCUT2D eigenvalue weighted by atomic mass is 9.98. The van der Waals surface area contributed by atoms with Crippen molar-refractivity contribution in [1.29, 1.82) is 5.26 Å². The molecular weight excluding hydrogens is 172 g/mol. The minimum absolute atomic E-state index is 0.196. The third-order valence-electron chi connectivity index (χ3n) is 2.78. The van der Waals surface area contributed by atoms with Gasteiger partial charge in [0.2, 0.25) is 0 Å². The minimum atomic E-state index is 0.196. The summed E-state index contributed by atoms with van der Waals surface area (Å²) in [6.07, 6.45) is 8.53. The Bertz CT molecular complexity index is 217. The van der Waals surface area contributed by atoms with Crippen LogP contribution in [0.25, 0.3) is 0 Å². The lowest BCUT2D eigenvalue weighted by molar-refractivity contribution is 0.617. The molecule has 2 nitrogen and oxygen atoms in total. The van der Waals surface area contributed by atoms with Gasteiger partial charge in [-0.3, -0.25) is 4.99 Å². The SMILES string of the molecule is CC(C#N)CCCN=C1CCCCC1. The Hall–Kier alpha value is -0.840. The van der Waals surface area contributed by atoms with Gasteiger partial charge in [0.1, 0.15) is 0 Å². The average Bonchev–Trinajstić information content (AvgIpc) is 2.25. The van der Waals surface area contributed by atoms with Crippen LogP contribution in [-0.4, -0.2) is 12.3 Å². The van der Waals surface area contributed by atoms with Crippen molar-refractivity contribution in [2.45, 2.75) is 51.9 Å². The number of hydrogen-bond acceptors (Lipinski definition) is 2. The van der Waals surface area contributed by atoms with E-state index in [0.29, 0.717) is 0 Å². The van der Waals surface area contributed by atoms with Crippen LogP contribution >= 0.6 is 0 Å². The van der Waals surface area contributed by atoms with Crippen LogP contribution in [0.15, 0.2) is 4.99 Å². The summed E-state index contributed by atoms with van der Waals surface area (Å²) < 4.78 is 0. The summed E-state index contributed by atoms with van der Waals surface area (Å²) in [6, 6.07) is 2.25. The quantitative estimate of drug-likeness (QED) is 0.629. The van der Waals surface area contributed by atoms with E-state index in [1.807, 2.05) is 6.92 Å². The van der Waals surface area contributed by atoms with Crippen LogP contribution in [0.4, 0.5) is 0 Å². The first kappa shape index (κ1) is 11.2. The smallest absolute Gasteiger partial charge is 0.0652 e. The van der Waals surface area contributed by atoms with Gasteiger partial charge in [-0.25, -0.2) is 0 Å². The molecule has 1 atom stereocenters. The molecule has 0 spiro atoms. The zero-order valence-electron chi connectivity index (χ0n) is 9.13. The van der Waals surface area contributed by atoms with Gasteiger partial charge in [-0.15, -0.1) is 0 Å². The lowest BCUT2D eigenvalue weighted by Gasteiger charge is -2.12. The molecule has 0 saturated heterocycles. The van der Waals surface area contributed by atoms with Gasteiger partial charge >= 0.3 is 0 Å². The molecule has 1 unspecified atom stereocenters. The Kier molecular flexibility index (Phi) is 5.29. The Morgan fingerprint density at radius 2 is 2.07 bits per heavy atom. The van der Waals surface area contributed by atoms with Gasteiger partial charge in [-0.05, 0) is 45.4 Å². The Labute approximate surface area is 87.0 Å².